The number of rotatable bonds is 18. The van der Waals surface area contributed by atoms with E-state index in [4.69, 9.17) is 19.0 Å². The van der Waals surface area contributed by atoms with Gasteiger partial charge in [-0.25, -0.2) is 0 Å². The van der Waals surface area contributed by atoms with Crippen LogP contribution in [0.25, 0.3) is 0 Å². The molecule has 6 heteroatoms. The molecule has 0 aromatic rings. The second-order valence-corrected chi connectivity index (χ2v) is 11.9. The van der Waals surface area contributed by atoms with Gasteiger partial charge in [-0.15, -0.1) is 12.4 Å². The van der Waals surface area contributed by atoms with E-state index in [1.54, 1.807) is 21.3 Å². The molecule has 0 aliphatic carbocycles. The molecule has 0 radical (unpaired) electrons. The Morgan fingerprint density at radius 3 is 1.36 bits per heavy atom. The van der Waals surface area contributed by atoms with Crippen molar-refractivity contribution in [1.82, 2.24) is 0 Å². The van der Waals surface area contributed by atoms with Crippen LogP contribution in [0.3, 0.4) is 0 Å². The minimum atomic E-state index is -2.93. The minimum Gasteiger partial charge on any atom is -0.376 e. The van der Waals surface area contributed by atoms with Crippen LogP contribution in [0, 0.1) is 5.41 Å². The van der Waals surface area contributed by atoms with Gasteiger partial charge in [0.1, 0.15) is 0 Å². The summed E-state index contributed by atoms with van der Waals surface area (Å²) in [7, 11) is 2.06. The average Bonchev–Trinajstić information content (AvgIpc) is 2.67. The van der Waals surface area contributed by atoms with Gasteiger partial charge in [-0.05, 0) is 18.3 Å². The van der Waals surface area contributed by atoms with Crippen molar-refractivity contribution < 1.29 is 13.3 Å². The highest BCUT2D eigenvalue weighted by atomic mass is 35.5. The predicted octanol–water partition coefficient (Wildman–Crippen LogP) is 6.66. The van der Waals surface area contributed by atoms with Gasteiger partial charge < -0.3 is 19.0 Å². The summed E-state index contributed by atoms with van der Waals surface area (Å²) in [5.74, 6) is 0. The van der Waals surface area contributed by atoms with Gasteiger partial charge in [-0.1, -0.05) is 98.3 Å². The van der Waals surface area contributed by atoms with Gasteiger partial charge in [0, 0.05) is 21.3 Å². The van der Waals surface area contributed by atoms with Crippen molar-refractivity contribution >= 4 is 21.2 Å². The van der Waals surface area contributed by atoms with Gasteiger partial charge in [0.25, 0.3) is 0 Å². The van der Waals surface area contributed by atoms with E-state index in [9.17, 15) is 0 Å². The third-order valence-electron chi connectivity index (χ3n) is 6.52. The highest BCUT2D eigenvalue weighted by molar-refractivity contribution is 6.64. The molecular formula is C22H50ClNO3Si. The fourth-order valence-corrected chi connectivity index (χ4v) is 7.34. The molecule has 0 rings (SSSR count). The Labute approximate surface area is 183 Å². The van der Waals surface area contributed by atoms with E-state index in [0.717, 1.165) is 12.8 Å². The SMILES string of the molecule is CCCCCCCCCCCCCC(C)(C)C(N)(CC)[Si](OC)(OC)OC.Cl. The maximum Gasteiger partial charge on any atom is 0.521 e. The molecule has 0 saturated carbocycles. The first-order valence-electron chi connectivity index (χ1n) is 11.2. The van der Waals surface area contributed by atoms with Gasteiger partial charge in [0.2, 0.25) is 0 Å². The molecule has 0 aromatic carbocycles. The van der Waals surface area contributed by atoms with Crippen LogP contribution in [-0.2, 0) is 13.3 Å². The normalized spacial score (nSPS) is 14.6. The van der Waals surface area contributed by atoms with Crippen molar-refractivity contribution in [2.75, 3.05) is 21.3 Å². The summed E-state index contributed by atoms with van der Waals surface area (Å²) in [4.78, 5) is 0. The molecule has 0 aromatic heterocycles. The number of unbranched alkanes of at least 4 members (excludes halogenated alkanes) is 10. The lowest BCUT2D eigenvalue weighted by Crippen LogP contribution is -2.74. The molecule has 172 valence electrons. The fraction of sp³-hybridized carbons (Fsp3) is 1.00. The van der Waals surface area contributed by atoms with Crippen molar-refractivity contribution in [2.24, 2.45) is 11.1 Å². The van der Waals surface area contributed by atoms with Gasteiger partial charge in [-0.2, -0.15) is 0 Å². The van der Waals surface area contributed by atoms with Crippen molar-refractivity contribution in [3.63, 3.8) is 0 Å². The number of nitrogens with two attached hydrogens (primary N) is 1. The van der Waals surface area contributed by atoms with Crippen LogP contribution in [0.1, 0.15) is 111 Å². The van der Waals surface area contributed by atoms with Crippen LogP contribution in [-0.4, -0.2) is 35.3 Å². The maximum absolute atomic E-state index is 6.90. The summed E-state index contributed by atoms with van der Waals surface area (Å²) in [5.41, 5.74) is 6.80. The molecule has 2 N–H and O–H groups in total. The molecule has 0 heterocycles. The largest absolute Gasteiger partial charge is 0.521 e. The lowest BCUT2D eigenvalue weighted by atomic mass is 9.78. The standard InChI is InChI=1S/C22H49NO3Si.ClH/c1-8-10-11-12-13-14-15-16-17-18-19-20-21(3,4)22(23,9-2)27(24-5,25-6)26-7;/h8-20,23H2,1-7H3;1H. The first-order valence-corrected chi connectivity index (χ1v) is 13.0. The van der Waals surface area contributed by atoms with Gasteiger partial charge in [0.05, 0.1) is 5.16 Å². The van der Waals surface area contributed by atoms with Crippen molar-refractivity contribution in [3.8, 4) is 0 Å². The quantitative estimate of drug-likeness (QED) is 0.191. The molecule has 1 atom stereocenters. The topological polar surface area (TPSA) is 53.7 Å². The third-order valence-corrected chi connectivity index (χ3v) is 10.3. The van der Waals surface area contributed by atoms with E-state index in [1.807, 2.05) is 0 Å². The Hall–Kier alpha value is 0.347. The second-order valence-electron chi connectivity index (χ2n) is 8.66. The predicted molar refractivity (Wildman–Crippen MR) is 126 cm³/mol. The zero-order valence-electron chi connectivity index (χ0n) is 19.9. The second kappa shape index (κ2) is 16.1. The summed E-state index contributed by atoms with van der Waals surface area (Å²) in [6, 6.07) is 0. The lowest BCUT2D eigenvalue weighted by molar-refractivity contribution is 0.0458. The molecule has 28 heavy (non-hydrogen) atoms. The minimum absolute atomic E-state index is 0. The zero-order valence-corrected chi connectivity index (χ0v) is 21.7. The fourth-order valence-electron chi connectivity index (χ4n) is 4.36. The van der Waals surface area contributed by atoms with Crippen LogP contribution in [0.15, 0.2) is 0 Å². The Morgan fingerprint density at radius 1 is 0.679 bits per heavy atom. The molecule has 0 spiro atoms. The summed E-state index contributed by atoms with van der Waals surface area (Å²) in [6.07, 6.45) is 16.8. The van der Waals surface area contributed by atoms with E-state index in [2.05, 4.69) is 27.7 Å². The summed E-state index contributed by atoms with van der Waals surface area (Å²) >= 11 is 0. The Kier molecular flexibility index (Phi) is 17.6. The monoisotopic (exact) mass is 439 g/mol. The average molecular weight is 440 g/mol. The maximum atomic E-state index is 6.90. The molecule has 0 saturated heterocycles. The van der Waals surface area contributed by atoms with Crippen molar-refractivity contribution in [2.45, 2.75) is 116 Å². The summed E-state index contributed by atoms with van der Waals surface area (Å²) in [5, 5.41) is -0.587. The van der Waals surface area contributed by atoms with E-state index in [-0.39, 0.29) is 17.8 Å². The molecule has 0 fully saturated rings. The first-order chi connectivity index (χ1) is 12.8. The van der Waals surface area contributed by atoms with Gasteiger partial charge in [0.15, 0.2) is 0 Å². The smallest absolute Gasteiger partial charge is 0.376 e. The van der Waals surface area contributed by atoms with E-state index in [0.29, 0.717) is 0 Å². The number of hydrogen-bond donors (Lipinski definition) is 1. The number of hydrogen-bond acceptors (Lipinski definition) is 4. The third kappa shape index (κ3) is 8.61. The highest BCUT2D eigenvalue weighted by Gasteiger charge is 2.63. The van der Waals surface area contributed by atoms with Crippen LogP contribution < -0.4 is 5.73 Å². The molecule has 4 nitrogen and oxygen atoms in total. The van der Waals surface area contributed by atoms with Crippen molar-refractivity contribution in [1.29, 1.82) is 0 Å². The Morgan fingerprint density at radius 2 is 1.04 bits per heavy atom. The highest BCUT2D eigenvalue weighted by Crippen LogP contribution is 2.43. The zero-order chi connectivity index (χ0) is 20.8. The molecule has 1 unspecified atom stereocenters. The molecule has 0 aliphatic rings. The molecular weight excluding hydrogens is 390 g/mol. The van der Waals surface area contributed by atoms with E-state index in [1.165, 1.54) is 70.6 Å². The first kappa shape index (κ1) is 30.5. The lowest BCUT2D eigenvalue weighted by Gasteiger charge is -2.50. The molecule has 0 bridgehead atoms. The van der Waals surface area contributed by atoms with Crippen LogP contribution in [0.2, 0.25) is 0 Å². The molecule has 0 amide bonds. The number of halogens is 1. The van der Waals surface area contributed by atoms with Crippen LogP contribution >= 0.6 is 12.4 Å². The van der Waals surface area contributed by atoms with Crippen LogP contribution in [0.4, 0.5) is 0 Å². The van der Waals surface area contributed by atoms with Crippen molar-refractivity contribution in [3.05, 3.63) is 0 Å². The Balaban J connectivity index is 0. The van der Waals surface area contributed by atoms with E-state index >= 15 is 0 Å². The summed E-state index contributed by atoms with van der Waals surface area (Å²) < 4.78 is 17.3. The Bertz CT molecular complexity index is 359. The molecule has 0 aliphatic heterocycles. The summed E-state index contributed by atoms with van der Waals surface area (Å²) in [6.45, 7) is 8.87. The van der Waals surface area contributed by atoms with E-state index < -0.39 is 14.0 Å². The van der Waals surface area contributed by atoms with Gasteiger partial charge in [-0.3, -0.25) is 0 Å². The van der Waals surface area contributed by atoms with Crippen LogP contribution in [0.5, 0.6) is 0 Å². The van der Waals surface area contributed by atoms with Gasteiger partial charge >= 0.3 is 8.80 Å².